The van der Waals surface area contributed by atoms with Gasteiger partial charge in [-0.1, -0.05) is 5.16 Å². The third-order valence-corrected chi connectivity index (χ3v) is 3.72. The standard InChI is InChI=1S/C17H14N4O3/c1-22-12-3-4-13(14(10-12)23-2)16-19-17(24-20-16)11-5-7-21-8-6-18-15(21)9-11/h3-10H,1-2H3. The van der Waals surface area contributed by atoms with Crippen LogP contribution in [0.2, 0.25) is 0 Å². The molecule has 0 bridgehead atoms. The maximum absolute atomic E-state index is 5.40. The first kappa shape index (κ1) is 14.3. The first-order valence-electron chi connectivity index (χ1n) is 7.27. The van der Waals surface area contributed by atoms with Crippen LogP contribution >= 0.6 is 0 Å². The Balaban J connectivity index is 1.74. The average Bonchev–Trinajstić information content (AvgIpc) is 3.29. The molecule has 7 heteroatoms. The predicted molar refractivity (Wildman–Crippen MR) is 87.0 cm³/mol. The molecule has 0 saturated carbocycles. The largest absolute Gasteiger partial charge is 0.497 e. The summed E-state index contributed by atoms with van der Waals surface area (Å²) in [5.41, 5.74) is 2.35. The lowest BCUT2D eigenvalue weighted by Crippen LogP contribution is -1.91. The van der Waals surface area contributed by atoms with E-state index in [9.17, 15) is 0 Å². The van der Waals surface area contributed by atoms with Crippen molar-refractivity contribution in [3.63, 3.8) is 0 Å². The molecule has 0 atom stereocenters. The van der Waals surface area contributed by atoms with Gasteiger partial charge in [-0.05, 0) is 24.3 Å². The smallest absolute Gasteiger partial charge is 0.258 e. The normalized spacial score (nSPS) is 10.9. The van der Waals surface area contributed by atoms with Gasteiger partial charge in [0.15, 0.2) is 0 Å². The predicted octanol–water partition coefficient (Wildman–Crippen LogP) is 3.07. The molecule has 0 aliphatic heterocycles. The summed E-state index contributed by atoms with van der Waals surface area (Å²) in [5, 5.41) is 4.06. The van der Waals surface area contributed by atoms with Gasteiger partial charge >= 0.3 is 0 Å². The number of pyridine rings is 1. The molecule has 1 aromatic carbocycles. The Hall–Kier alpha value is -3.35. The van der Waals surface area contributed by atoms with E-state index in [-0.39, 0.29) is 0 Å². The van der Waals surface area contributed by atoms with Crippen molar-refractivity contribution < 1.29 is 14.0 Å². The van der Waals surface area contributed by atoms with Gasteiger partial charge < -0.3 is 18.4 Å². The van der Waals surface area contributed by atoms with Gasteiger partial charge in [-0.3, -0.25) is 0 Å². The first-order chi connectivity index (χ1) is 11.8. The molecule has 120 valence electrons. The summed E-state index contributed by atoms with van der Waals surface area (Å²) < 4.78 is 17.9. The van der Waals surface area contributed by atoms with E-state index in [4.69, 9.17) is 14.0 Å². The van der Waals surface area contributed by atoms with Crippen LogP contribution in [-0.4, -0.2) is 33.7 Å². The highest BCUT2D eigenvalue weighted by Crippen LogP contribution is 2.32. The summed E-state index contributed by atoms with van der Waals surface area (Å²) >= 11 is 0. The Morgan fingerprint density at radius 3 is 2.79 bits per heavy atom. The van der Waals surface area contributed by atoms with Crippen molar-refractivity contribution in [2.45, 2.75) is 0 Å². The Bertz CT molecular complexity index is 1010. The molecule has 3 aromatic heterocycles. The Labute approximate surface area is 137 Å². The van der Waals surface area contributed by atoms with E-state index in [2.05, 4.69) is 15.1 Å². The number of hydrogen-bond donors (Lipinski definition) is 0. The molecule has 0 aliphatic rings. The molecule has 0 unspecified atom stereocenters. The fraction of sp³-hybridized carbons (Fsp3) is 0.118. The van der Waals surface area contributed by atoms with Crippen LogP contribution in [0.5, 0.6) is 11.5 Å². The monoisotopic (exact) mass is 322 g/mol. The minimum absolute atomic E-state index is 0.424. The van der Waals surface area contributed by atoms with Gasteiger partial charge in [0.2, 0.25) is 5.82 Å². The zero-order chi connectivity index (χ0) is 16.5. The number of methoxy groups -OCH3 is 2. The summed E-state index contributed by atoms with van der Waals surface area (Å²) in [6, 6.07) is 9.23. The minimum atomic E-state index is 0.424. The average molecular weight is 322 g/mol. The molecule has 4 aromatic rings. The Kier molecular flexibility index (Phi) is 3.38. The van der Waals surface area contributed by atoms with Gasteiger partial charge in [-0.2, -0.15) is 4.98 Å². The molecule has 0 fully saturated rings. The van der Waals surface area contributed by atoms with Crippen LogP contribution in [-0.2, 0) is 0 Å². The fourth-order valence-corrected chi connectivity index (χ4v) is 2.48. The number of imidazole rings is 1. The van der Waals surface area contributed by atoms with Crippen molar-refractivity contribution in [2.24, 2.45) is 0 Å². The van der Waals surface area contributed by atoms with E-state index in [1.165, 1.54) is 0 Å². The number of nitrogens with zero attached hydrogens (tertiary/aromatic N) is 4. The SMILES string of the molecule is COc1ccc(-c2noc(-c3ccn4ccnc4c3)n2)c(OC)c1. The third-order valence-electron chi connectivity index (χ3n) is 3.72. The van der Waals surface area contributed by atoms with Crippen LogP contribution in [0, 0.1) is 0 Å². The van der Waals surface area contributed by atoms with Gasteiger partial charge in [0.25, 0.3) is 5.89 Å². The van der Waals surface area contributed by atoms with E-state index in [0.717, 1.165) is 16.8 Å². The maximum Gasteiger partial charge on any atom is 0.258 e. The van der Waals surface area contributed by atoms with Gasteiger partial charge in [0.05, 0.1) is 19.8 Å². The highest BCUT2D eigenvalue weighted by atomic mass is 16.5. The van der Waals surface area contributed by atoms with Crippen LogP contribution < -0.4 is 9.47 Å². The van der Waals surface area contributed by atoms with Crippen LogP contribution in [0.25, 0.3) is 28.5 Å². The number of rotatable bonds is 4. The van der Waals surface area contributed by atoms with Crippen molar-refractivity contribution in [1.82, 2.24) is 19.5 Å². The highest BCUT2D eigenvalue weighted by Gasteiger charge is 2.15. The molecule has 7 nitrogen and oxygen atoms in total. The Morgan fingerprint density at radius 1 is 1.04 bits per heavy atom. The lowest BCUT2D eigenvalue weighted by molar-refractivity contribution is 0.394. The van der Waals surface area contributed by atoms with Crippen molar-refractivity contribution in [3.8, 4) is 34.3 Å². The van der Waals surface area contributed by atoms with Gasteiger partial charge in [0.1, 0.15) is 17.1 Å². The molecule has 0 spiro atoms. The van der Waals surface area contributed by atoms with E-state index in [0.29, 0.717) is 23.2 Å². The summed E-state index contributed by atoms with van der Waals surface area (Å²) in [5.74, 6) is 2.19. The molecule has 24 heavy (non-hydrogen) atoms. The third kappa shape index (κ3) is 2.36. The highest BCUT2D eigenvalue weighted by molar-refractivity contribution is 5.68. The molecular formula is C17H14N4O3. The maximum atomic E-state index is 5.40. The van der Waals surface area contributed by atoms with Crippen molar-refractivity contribution in [1.29, 1.82) is 0 Å². The summed E-state index contributed by atoms with van der Waals surface area (Å²) in [6.45, 7) is 0. The van der Waals surface area contributed by atoms with E-state index >= 15 is 0 Å². The number of fused-ring (bicyclic) bond motifs is 1. The summed E-state index contributed by atoms with van der Waals surface area (Å²) in [6.07, 6.45) is 5.51. The molecule has 0 saturated heterocycles. The summed E-state index contributed by atoms with van der Waals surface area (Å²) in [7, 11) is 3.19. The van der Waals surface area contributed by atoms with Crippen molar-refractivity contribution >= 4 is 5.65 Å². The van der Waals surface area contributed by atoms with E-state index in [1.54, 1.807) is 26.5 Å². The van der Waals surface area contributed by atoms with Crippen LogP contribution in [0.4, 0.5) is 0 Å². The van der Waals surface area contributed by atoms with Gasteiger partial charge in [-0.15, -0.1) is 0 Å². The lowest BCUT2D eigenvalue weighted by Gasteiger charge is -2.07. The molecule has 3 heterocycles. The second-order valence-corrected chi connectivity index (χ2v) is 5.10. The number of benzene rings is 1. The quantitative estimate of drug-likeness (QED) is 0.575. The molecule has 0 N–H and O–H groups in total. The van der Waals surface area contributed by atoms with Crippen molar-refractivity contribution in [3.05, 3.63) is 48.9 Å². The molecular weight excluding hydrogens is 308 g/mol. The zero-order valence-electron chi connectivity index (χ0n) is 13.1. The Morgan fingerprint density at radius 2 is 1.96 bits per heavy atom. The second-order valence-electron chi connectivity index (χ2n) is 5.10. The number of ether oxygens (including phenoxy) is 2. The van der Waals surface area contributed by atoms with Crippen LogP contribution in [0.3, 0.4) is 0 Å². The summed E-state index contributed by atoms with van der Waals surface area (Å²) in [4.78, 5) is 8.73. The minimum Gasteiger partial charge on any atom is -0.497 e. The van der Waals surface area contributed by atoms with Crippen molar-refractivity contribution in [2.75, 3.05) is 14.2 Å². The number of aromatic nitrogens is 4. The van der Waals surface area contributed by atoms with Gasteiger partial charge in [0, 0.05) is 30.2 Å². The van der Waals surface area contributed by atoms with Crippen LogP contribution in [0.15, 0.2) is 53.4 Å². The zero-order valence-corrected chi connectivity index (χ0v) is 13.1. The van der Waals surface area contributed by atoms with E-state index in [1.807, 2.05) is 41.1 Å². The van der Waals surface area contributed by atoms with Gasteiger partial charge in [-0.25, -0.2) is 4.98 Å². The van der Waals surface area contributed by atoms with Crippen LogP contribution in [0.1, 0.15) is 0 Å². The van der Waals surface area contributed by atoms with E-state index < -0.39 is 0 Å². The first-order valence-corrected chi connectivity index (χ1v) is 7.27. The fourth-order valence-electron chi connectivity index (χ4n) is 2.48. The second kappa shape index (κ2) is 5.69. The molecule has 0 radical (unpaired) electrons. The molecule has 0 aliphatic carbocycles. The topological polar surface area (TPSA) is 74.7 Å². The molecule has 0 amide bonds. The number of hydrogen-bond acceptors (Lipinski definition) is 6. The lowest BCUT2D eigenvalue weighted by atomic mass is 10.2. The molecule has 4 rings (SSSR count).